The summed E-state index contributed by atoms with van der Waals surface area (Å²) in [6, 6.07) is 15.2. The van der Waals surface area contributed by atoms with Gasteiger partial charge in [-0.3, -0.25) is 14.5 Å². The third kappa shape index (κ3) is 5.85. The van der Waals surface area contributed by atoms with E-state index >= 15 is 0 Å². The van der Waals surface area contributed by atoms with Crippen LogP contribution in [0, 0.1) is 0 Å². The maximum atomic E-state index is 13.7. The summed E-state index contributed by atoms with van der Waals surface area (Å²) >= 11 is 8.20. The summed E-state index contributed by atoms with van der Waals surface area (Å²) < 4.78 is 12.2. The summed E-state index contributed by atoms with van der Waals surface area (Å²) in [4.78, 5) is 28.2. The SMILES string of the molecule is COCCNC(=O)CN1C(=O)CSC(c2ccccc2Cl)c2c(C(C)(C)C)nn(-c3ccc(OC)cc3)c21. The van der Waals surface area contributed by atoms with Gasteiger partial charge in [0.2, 0.25) is 11.8 Å². The standard InChI is InChI=1S/C28H33ClN4O4S/c1-28(2,3)26-24-25(20-8-6-7-9-21(20)29)38-17-23(35)32(16-22(34)30-14-15-36-4)27(24)33(31-26)18-10-12-19(37-5)13-11-18/h6-13,25H,14-17H2,1-5H3,(H,30,34). The third-order valence-electron chi connectivity index (χ3n) is 6.23. The molecule has 2 amide bonds. The fraction of sp³-hybridized carbons (Fsp3) is 0.393. The van der Waals surface area contributed by atoms with Crippen LogP contribution in [0.25, 0.3) is 5.69 Å². The van der Waals surface area contributed by atoms with Crippen LogP contribution in [0.4, 0.5) is 5.82 Å². The number of nitrogens with zero attached hydrogens (tertiary/aromatic N) is 3. The molecular formula is C28H33ClN4O4S. The van der Waals surface area contributed by atoms with E-state index in [4.69, 9.17) is 26.2 Å². The molecule has 1 N–H and O–H groups in total. The van der Waals surface area contributed by atoms with E-state index in [1.54, 1.807) is 23.8 Å². The molecule has 1 aromatic heterocycles. The number of rotatable bonds is 8. The number of hydrogen-bond donors (Lipinski definition) is 1. The van der Waals surface area contributed by atoms with E-state index in [-0.39, 0.29) is 34.8 Å². The zero-order valence-corrected chi connectivity index (χ0v) is 23.9. The molecule has 0 aliphatic carbocycles. The maximum Gasteiger partial charge on any atom is 0.240 e. The molecule has 2 heterocycles. The molecule has 1 unspecified atom stereocenters. The van der Waals surface area contributed by atoms with Gasteiger partial charge in [0.25, 0.3) is 0 Å². The molecule has 2 aromatic carbocycles. The van der Waals surface area contributed by atoms with Crippen LogP contribution < -0.4 is 15.0 Å². The van der Waals surface area contributed by atoms with Crippen molar-refractivity contribution in [1.82, 2.24) is 15.1 Å². The van der Waals surface area contributed by atoms with E-state index in [1.807, 2.05) is 48.5 Å². The average Bonchev–Trinajstić information content (AvgIpc) is 3.23. The number of fused-ring (bicyclic) bond motifs is 1. The van der Waals surface area contributed by atoms with Crippen LogP contribution >= 0.6 is 23.4 Å². The lowest BCUT2D eigenvalue weighted by atomic mass is 9.87. The number of anilines is 1. The number of ether oxygens (including phenoxy) is 2. The quantitative estimate of drug-likeness (QED) is 0.403. The van der Waals surface area contributed by atoms with Crippen molar-refractivity contribution in [3.8, 4) is 11.4 Å². The number of carbonyl (C=O) groups is 2. The number of aromatic nitrogens is 2. The van der Waals surface area contributed by atoms with Gasteiger partial charge in [-0.05, 0) is 35.9 Å². The van der Waals surface area contributed by atoms with Gasteiger partial charge in [0.15, 0.2) is 0 Å². The Morgan fingerprint density at radius 2 is 1.87 bits per heavy atom. The molecule has 0 fully saturated rings. The fourth-order valence-corrected chi connectivity index (χ4v) is 5.95. The van der Waals surface area contributed by atoms with Crippen molar-refractivity contribution in [1.29, 1.82) is 0 Å². The van der Waals surface area contributed by atoms with Gasteiger partial charge in [0.05, 0.1) is 36.1 Å². The monoisotopic (exact) mass is 556 g/mol. The molecule has 1 aliphatic rings. The van der Waals surface area contributed by atoms with E-state index in [2.05, 4.69) is 26.1 Å². The van der Waals surface area contributed by atoms with Crippen molar-refractivity contribution in [2.24, 2.45) is 0 Å². The molecule has 38 heavy (non-hydrogen) atoms. The van der Waals surface area contributed by atoms with E-state index in [0.29, 0.717) is 29.7 Å². The van der Waals surface area contributed by atoms with Gasteiger partial charge in [0, 0.05) is 29.7 Å². The van der Waals surface area contributed by atoms with Crippen LogP contribution in [-0.2, 0) is 19.7 Å². The van der Waals surface area contributed by atoms with Crippen LogP contribution in [-0.4, -0.2) is 61.3 Å². The van der Waals surface area contributed by atoms with E-state index in [1.165, 1.54) is 11.8 Å². The summed E-state index contributed by atoms with van der Waals surface area (Å²) in [5, 5.41) is 8.27. The number of hydrogen-bond acceptors (Lipinski definition) is 6. The fourth-order valence-electron chi connectivity index (χ4n) is 4.40. The first kappa shape index (κ1) is 28.0. The van der Waals surface area contributed by atoms with Crippen LogP contribution in [0.1, 0.15) is 42.8 Å². The molecule has 10 heteroatoms. The van der Waals surface area contributed by atoms with Gasteiger partial charge in [-0.2, -0.15) is 5.10 Å². The first-order valence-corrected chi connectivity index (χ1v) is 13.8. The summed E-state index contributed by atoms with van der Waals surface area (Å²) in [5.41, 5.74) is 3.00. The van der Waals surface area contributed by atoms with Crippen LogP contribution in [0.2, 0.25) is 5.02 Å². The molecule has 0 radical (unpaired) electrons. The molecular weight excluding hydrogens is 524 g/mol. The first-order valence-electron chi connectivity index (χ1n) is 12.4. The lowest BCUT2D eigenvalue weighted by molar-refractivity contribution is -0.123. The van der Waals surface area contributed by atoms with Crippen LogP contribution in [0.3, 0.4) is 0 Å². The predicted molar refractivity (Wildman–Crippen MR) is 152 cm³/mol. The highest BCUT2D eigenvalue weighted by Crippen LogP contribution is 2.49. The number of methoxy groups -OCH3 is 2. The lowest BCUT2D eigenvalue weighted by Gasteiger charge is -2.25. The Hall–Kier alpha value is -3.01. The zero-order chi connectivity index (χ0) is 27.4. The molecule has 1 aliphatic heterocycles. The molecule has 4 rings (SSSR count). The van der Waals surface area contributed by atoms with Crippen LogP contribution in [0.15, 0.2) is 48.5 Å². The maximum absolute atomic E-state index is 13.7. The minimum Gasteiger partial charge on any atom is -0.497 e. The van der Waals surface area contributed by atoms with E-state index in [9.17, 15) is 9.59 Å². The van der Waals surface area contributed by atoms with Crippen molar-refractivity contribution >= 4 is 41.0 Å². The number of halogens is 1. The average molecular weight is 557 g/mol. The zero-order valence-electron chi connectivity index (χ0n) is 22.3. The van der Waals surface area contributed by atoms with Gasteiger partial charge in [-0.25, -0.2) is 4.68 Å². The summed E-state index contributed by atoms with van der Waals surface area (Å²) in [6.45, 7) is 6.88. The normalized spacial score (nSPS) is 15.7. The summed E-state index contributed by atoms with van der Waals surface area (Å²) in [5.74, 6) is 1.01. The van der Waals surface area contributed by atoms with Crippen molar-refractivity contribution < 1.29 is 19.1 Å². The molecule has 0 saturated carbocycles. The molecule has 202 valence electrons. The predicted octanol–water partition coefficient (Wildman–Crippen LogP) is 4.76. The molecule has 0 spiro atoms. The molecule has 1 atom stereocenters. The second kappa shape index (κ2) is 11.8. The van der Waals surface area contributed by atoms with Gasteiger partial charge in [-0.1, -0.05) is 50.6 Å². The number of thioether (sulfide) groups is 1. The Kier molecular flexibility index (Phi) is 8.70. The minimum atomic E-state index is -0.359. The second-order valence-electron chi connectivity index (χ2n) is 9.98. The van der Waals surface area contributed by atoms with Crippen molar-refractivity contribution in [3.63, 3.8) is 0 Å². The van der Waals surface area contributed by atoms with Gasteiger partial charge < -0.3 is 14.8 Å². The number of benzene rings is 2. The highest BCUT2D eigenvalue weighted by atomic mass is 35.5. The molecule has 3 aromatic rings. The second-order valence-corrected chi connectivity index (χ2v) is 11.5. The van der Waals surface area contributed by atoms with Gasteiger partial charge in [0.1, 0.15) is 18.1 Å². The topological polar surface area (TPSA) is 85.7 Å². The largest absolute Gasteiger partial charge is 0.497 e. The minimum absolute atomic E-state index is 0.142. The molecule has 0 bridgehead atoms. The highest BCUT2D eigenvalue weighted by Gasteiger charge is 2.40. The lowest BCUT2D eigenvalue weighted by Crippen LogP contribution is -2.43. The van der Waals surface area contributed by atoms with Crippen molar-refractivity contribution in [3.05, 3.63) is 70.4 Å². The Balaban J connectivity index is 1.96. The number of nitrogens with one attached hydrogen (secondary N) is 1. The number of carbonyl (C=O) groups excluding carboxylic acids is 2. The van der Waals surface area contributed by atoms with Gasteiger partial charge >= 0.3 is 0 Å². The summed E-state index contributed by atoms with van der Waals surface area (Å²) in [7, 11) is 3.19. The Morgan fingerprint density at radius 1 is 1.16 bits per heavy atom. The Bertz CT molecular complexity index is 1300. The Labute approximate surface area is 232 Å². The molecule has 8 nitrogen and oxygen atoms in total. The first-order chi connectivity index (χ1) is 18.2. The van der Waals surface area contributed by atoms with Crippen molar-refractivity contribution in [2.75, 3.05) is 44.6 Å². The highest BCUT2D eigenvalue weighted by molar-refractivity contribution is 8.00. The Morgan fingerprint density at radius 3 is 2.50 bits per heavy atom. The third-order valence-corrected chi connectivity index (χ3v) is 7.81. The smallest absolute Gasteiger partial charge is 0.240 e. The van der Waals surface area contributed by atoms with E-state index in [0.717, 1.165) is 22.5 Å². The number of amides is 2. The van der Waals surface area contributed by atoms with Gasteiger partial charge in [-0.15, -0.1) is 11.8 Å². The van der Waals surface area contributed by atoms with Crippen molar-refractivity contribution in [2.45, 2.75) is 31.4 Å². The van der Waals surface area contributed by atoms with E-state index < -0.39 is 0 Å². The molecule has 0 saturated heterocycles. The van der Waals surface area contributed by atoms with Crippen LogP contribution in [0.5, 0.6) is 5.75 Å². The summed E-state index contributed by atoms with van der Waals surface area (Å²) in [6.07, 6.45) is 0.